The molecule has 1 aromatic heterocycles. The van der Waals surface area contributed by atoms with Crippen LogP contribution in [0.1, 0.15) is 30.4 Å². The largest absolute Gasteiger partial charge is 0.401 e. The summed E-state index contributed by atoms with van der Waals surface area (Å²) in [6, 6.07) is 0. The van der Waals surface area contributed by atoms with E-state index in [4.69, 9.17) is 9.63 Å². The summed E-state index contributed by atoms with van der Waals surface area (Å²) in [5.74, 6) is 0.549. The van der Waals surface area contributed by atoms with Crippen LogP contribution in [0.15, 0.2) is 4.52 Å². The van der Waals surface area contributed by atoms with Crippen LogP contribution in [0.4, 0.5) is 13.2 Å². The monoisotopic (exact) mass is 280 g/mol. The molecular formula is C12H19F3N2O2. The van der Waals surface area contributed by atoms with Gasteiger partial charge in [-0.2, -0.15) is 13.2 Å². The highest BCUT2D eigenvalue weighted by molar-refractivity contribution is 5.21. The van der Waals surface area contributed by atoms with E-state index in [0.29, 0.717) is 29.9 Å². The predicted molar refractivity (Wildman–Crippen MR) is 63.7 cm³/mol. The minimum atomic E-state index is -4.26. The Morgan fingerprint density at radius 1 is 1.37 bits per heavy atom. The van der Waals surface area contributed by atoms with Crippen molar-refractivity contribution in [2.24, 2.45) is 0 Å². The molecule has 19 heavy (non-hydrogen) atoms. The lowest BCUT2D eigenvalue weighted by atomic mass is 10.1. The Morgan fingerprint density at radius 2 is 2.05 bits per heavy atom. The highest BCUT2D eigenvalue weighted by atomic mass is 19.4. The molecule has 0 spiro atoms. The SMILES string of the molecule is CCc1noc(C)c1CN(CCCO)CC(F)(F)F. The van der Waals surface area contributed by atoms with Crippen molar-refractivity contribution < 1.29 is 22.8 Å². The van der Waals surface area contributed by atoms with Crippen LogP contribution in [-0.4, -0.2) is 41.0 Å². The number of alkyl halides is 3. The third-order valence-electron chi connectivity index (χ3n) is 2.82. The van der Waals surface area contributed by atoms with E-state index in [1.165, 1.54) is 4.90 Å². The smallest absolute Gasteiger partial charge is 0.396 e. The van der Waals surface area contributed by atoms with Crippen LogP contribution < -0.4 is 0 Å². The Bertz CT molecular complexity index is 391. The number of halogens is 3. The average molecular weight is 280 g/mol. The van der Waals surface area contributed by atoms with Gasteiger partial charge in [-0.15, -0.1) is 0 Å². The van der Waals surface area contributed by atoms with E-state index in [9.17, 15) is 13.2 Å². The normalized spacial score (nSPS) is 12.4. The lowest BCUT2D eigenvalue weighted by molar-refractivity contribution is -0.147. The van der Waals surface area contributed by atoms with Gasteiger partial charge in [-0.25, -0.2) is 0 Å². The Morgan fingerprint density at radius 3 is 2.58 bits per heavy atom. The molecule has 0 aliphatic rings. The van der Waals surface area contributed by atoms with Gasteiger partial charge < -0.3 is 9.63 Å². The molecule has 0 saturated heterocycles. The lowest BCUT2D eigenvalue weighted by Crippen LogP contribution is -2.35. The zero-order valence-electron chi connectivity index (χ0n) is 11.1. The second-order valence-electron chi connectivity index (χ2n) is 4.42. The molecule has 0 aromatic carbocycles. The van der Waals surface area contributed by atoms with Gasteiger partial charge in [0.2, 0.25) is 0 Å². The van der Waals surface area contributed by atoms with E-state index in [1.807, 2.05) is 6.92 Å². The molecule has 0 aliphatic carbocycles. The van der Waals surface area contributed by atoms with E-state index in [0.717, 1.165) is 0 Å². The van der Waals surface area contributed by atoms with Gasteiger partial charge in [0.05, 0.1) is 12.2 Å². The number of aromatic nitrogens is 1. The summed E-state index contributed by atoms with van der Waals surface area (Å²) in [7, 11) is 0. The van der Waals surface area contributed by atoms with Crippen LogP contribution in [0, 0.1) is 6.92 Å². The molecule has 0 aliphatic heterocycles. The van der Waals surface area contributed by atoms with Gasteiger partial charge in [0.25, 0.3) is 0 Å². The summed E-state index contributed by atoms with van der Waals surface area (Å²) >= 11 is 0. The first-order valence-electron chi connectivity index (χ1n) is 6.21. The van der Waals surface area contributed by atoms with Crippen molar-refractivity contribution in [1.29, 1.82) is 0 Å². The first-order valence-corrected chi connectivity index (χ1v) is 6.21. The van der Waals surface area contributed by atoms with Crippen molar-refractivity contribution in [3.05, 3.63) is 17.0 Å². The third kappa shape index (κ3) is 5.20. The number of rotatable bonds is 7. The van der Waals surface area contributed by atoms with E-state index in [1.54, 1.807) is 6.92 Å². The van der Waals surface area contributed by atoms with Crippen LogP contribution in [0.3, 0.4) is 0 Å². The molecule has 1 rings (SSSR count). The van der Waals surface area contributed by atoms with E-state index in [2.05, 4.69) is 5.16 Å². The molecule has 0 unspecified atom stereocenters. The van der Waals surface area contributed by atoms with Gasteiger partial charge in [-0.3, -0.25) is 4.90 Å². The van der Waals surface area contributed by atoms with Gasteiger partial charge in [0, 0.05) is 25.3 Å². The van der Waals surface area contributed by atoms with Crippen LogP contribution in [-0.2, 0) is 13.0 Å². The summed E-state index contributed by atoms with van der Waals surface area (Å²) in [6.45, 7) is 2.77. The minimum Gasteiger partial charge on any atom is -0.396 e. The second-order valence-corrected chi connectivity index (χ2v) is 4.42. The number of aryl methyl sites for hydroxylation is 2. The number of hydrogen-bond donors (Lipinski definition) is 1. The lowest BCUT2D eigenvalue weighted by Gasteiger charge is -2.23. The maximum Gasteiger partial charge on any atom is 0.401 e. The first-order chi connectivity index (χ1) is 8.87. The summed E-state index contributed by atoms with van der Waals surface area (Å²) < 4.78 is 42.5. The van der Waals surface area contributed by atoms with Crippen LogP contribution >= 0.6 is 0 Å². The number of hydrogen-bond acceptors (Lipinski definition) is 4. The van der Waals surface area contributed by atoms with E-state index >= 15 is 0 Å². The summed E-state index contributed by atoms with van der Waals surface area (Å²) in [4.78, 5) is 1.26. The fourth-order valence-electron chi connectivity index (χ4n) is 1.90. The molecule has 0 saturated carbocycles. The molecule has 1 aromatic rings. The summed E-state index contributed by atoms with van der Waals surface area (Å²) in [6.07, 6.45) is -3.33. The van der Waals surface area contributed by atoms with Crippen LogP contribution in [0.2, 0.25) is 0 Å². The molecule has 4 nitrogen and oxygen atoms in total. The molecule has 1 N–H and O–H groups in total. The van der Waals surface area contributed by atoms with Gasteiger partial charge in [-0.05, 0) is 19.8 Å². The number of nitrogens with zero attached hydrogens (tertiary/aromatic N) is 2. The zero-order valence-corrected chi connectivity index (χ0v) is 11.1. The van der Waals surface area contributed by atoms with E-state index in [-0.39, 0.29) is 19.7 Å². The maximum atomic E-state index is 12.5. The molecule has 0 radical (unpaired) electrons. The van der Waals surface area contributed by atoms with Gasteiger partial charge >= 0.3 is 6.18 Å². The minimum absolute atomic E-state index is 0.127. The highest BCUT2D eigenvalue weighted by Gasteiger charge is 2.31. The Hall–Kier alpha value is -1.08. The van der Waals surface area contributed by atoms with Crippen molar-refractivity contribution in [3.8, 4) is 0 Å². The van der Waals surface area contributed by atoms with Crippen molar-refractivity contribution in [3.63, 3.8) is 0 Å². The Labute approximate surface area is 110 Å². The Balaban J connectivity index is 2.78. The molecule has 0 fully saturated rings. The molecule has 1 heterocycles. The van der Waals surface area contributed by atoms with Crippen LogP contribution in [0.5, 0.6) is 0 Å². The fraction of sp³-hybridized carbons (Fsp3) is 0.750. The molecule has 0 bridgehead atoms. The highest BCUT2D eigenvalue weighted by Crippen LogP contribution is 2.21. The zero-order chi connectivity index (χ0) is 14.5. The van der Waals surface area contributed by atoms with Gasteiger partial charge in [-0.1, -0.05) is 12.1 Å². The predicted octanol–water partition coefficient (Wildman–Crippen LogP) is 2.29. The standard InChI is InChI=1S/C12H19F3N2O2/c1-3-11-10(9(2)19-16-11)7-17(5-4-6-18)8-12(13,14)15/h18H,3-8H2,1-2H3. The first kappa shape index (κ1) is 16.0. The summed E-state index contributed by atoms with van der Waals surface area (Å²) in [5, 5.41) is 12.6. The van der Waals surface area contributed by atoms with E-state index < -0.39 is 12.7 Å². The topological polar surface area (TPSA) is 49.5 Å². The molecule has 0 amide bonds. The van der Waals surface area contributed by atoms with Crippen LogP contribution in [0.25, 0.3) is 0 Å². The molecule has 0 atom stereocenters. The maximum absolute atomic E-state index is 12.5. The average Bonchev–Trinajstić information content (AvgIpc) is 2.65. The molecule has 7 heteroatoms. The third-order valence-corrected chi connectivity index (χ3v) is 2.82. The Kier molecular flexibility index (Phi) is 5.81. The van der Waals surface area contributed by atoms with Gasteiger partial charge in [0.1, 0.15) is 5.76 Å². The number of aliphatic hydroxyl groups excluding tert-OH is 1. The van der Waals surface area contributed by atoms with Crippen molar-refractivity contribution in [2.75, 3.05) is 19.7 Å². The van der Waals surface area contributed by atoms with Crippen molar-refractivity contribution in [2.45, 2.75) is 39.4 Å². The number of aliphatic hydroxyl groups is 1. The van der Waals surface area contributed by atoms with Crippen molar-refractivity contribution in [1.82, 2.24) is 10.1 Å². The second kappa shape index (κ2) is 6.91. The quantitative estimate of drug-likeness (QED) is 0.832. The summed E-state index contributed by atoms with van der Waals surface area (Å²) in [5.41, 5.74) is 1.40. The molecule has 110 valence electrons. The van der Waals surface area contributed by atoms with Gasteiger partial charge in [0.15, 0.2) is 0 Å². The van der Waals surface area contributed by atoms with Crippen molar-refractivity contribution >= 4 is 0 Å². The molecular weight excluding hydrogens is 261 g/mol. The fourth-order valence-corrected chi connectivity index (χ4v) is 1.90.